The van der Waals surface area contributed by atoms with Gasteiger partial charge >= 0.3 is 0 Å². The van der Waals surface area contributed by atoms with Crippen LogP contribution in [-0.4, -0.2) is 53.6 Å². The number of aromatic nitrogens is 1. The van der Waals surface area contributed by atoms with Crippen molar-refractivity contribution in [2.24, 2.45) is 7.05 Å². The first kappa shape index (κ1) is 18.3. The smallest absolute Gasteiger partial charge is 0.270 e. The molecule has 1 aliphatic heterocycles. The van der Waals surface area contributed by atoms with Crippen molar-refractivity contribution in [3.05, 3.63) is 51.2 Å². The zero-order valence-electron chi connectivity index (χ0n) is 14.3. The number of benzene rings is 1. The molecule has 1 aromatic heterocycles. The maximum atomic E-state index is 12.7. The predicted molar refractivity (Wildman–Crippen MR) is 102 cm³/mol. The highest BCUT2D eigenvalue weighted by Crippen LogP contribution is 2.24. The van der Waals surface area contributed by atoms with E-state index in [-0.39, 0.29) is 5.91 Å². The molecule has 7 heteroatoms. The highest BCUT2D eigenvalue weighted by Gasteiger charge is 2.24. The van der Waals surface area contributed by atoms with Crippen LogP contribution in [0.15, 0.2) is 34.9 Å². The van der Waals surface area contributed by atoms with Gasteiger partial charge in [-0.05, 0) is 40.2 Å². The summed E-state index contributed by atoms with van der Waals surface area (Å²) in [5.74, 6) is 0.921. The van der Waals surface area contributed by atoms with E-state index in [1.54, 1.807) is 7.11 Å². The molecule has 0 atom stereocenters. The highest BCUT2D eigenvalue weighted by atomic mass is 79.9. The van der Waals surface area contributed by atoms with Gasteiger partial charge in [-0.3, -0.25) is 9.69 Å². The van der Waals surface area contributed by atoms with Gasteiger partial charge in [-0.25, -0.2) is 0 Å². The first-order chi connectivity index (χ1) is 12.0. The quantitative estimate of drug-likeness (QED) is 0.752. The molecule has 1 aliphatic rings. The van der Waals surface area contributed by atoms with Crippen LogP contribution in [0.25, 0.3) is 0 Å². The standard InChI is InChI=1S/C18H21BrClN3O2/c1-21-12-14(19)10-16(21)18(24)23-7-5-22(6-8-23)11-13-9-15(20)3-4-17(13)25-2/h3-4,9-10,12H,5-8,11H2,1-2H3. The van der Waals surface area contributed by atoms with Gasteiger partial charge in [0.1, 0.15) is 11.4 Å². The number of hydrogen-bond donors (Lipinski definition) is 0. The zero-order valence-corrected chi connectivity index (χ0v) is 16.7. The molecule has 0 aliphatic carbocycles. The highest BCUT2D eigenvalue weighted by molar-refractivity contribution is 9.10. The lowest BCUT2D eigenvalue weighted by Gasteiger charge is -2.35. The number of ether oxygens (including phenoxy) is 1. The van der Waals surface area contributed by atoms with Crippen LogP contribution >= 0.6 is 27.5 Å². The Morgan fingerprint density at radius 1 is 1.24 bits per heavy atom. The first-order valence-electron chi connectivity index (χ1n) is 8.14. The molecule has 1 amide bonds. The minimum Gasteiger partial charge on any atom is -0.496 e. The summed E-state index contributed by atoms with van der Waals surface area (Å²) in [6.45, 7) is 3.84. The molecule has 1 aromatic carbocycles. The molecule has 1 saturated heterocycles. The molecule has 0 N–H and O–H groups in total. The molecule has 0 spiro atoms. The summed E-state index contributed by atoms with van der Waals surface area (Å²) in [5, 5.41) is 0.707. The fourth-order valence-electron chi connectivity index (χ4n) is 3.12. The molecule has 0 saturated carbocycles. The Morgan fingerprint density at radius 2 is 1.96 bits per heavy atom. The number of halogens is 2. The number of methoxy groups -OCH3 is 1. The first-order valence-corrected chi connectivity index (χ1v) is 9.31. The average molecular weight is 427 g/mol. The third kappa shape index (κ3) is 4.19. The summed E-state index contributed by atoms with van der Waals surface area (Å²) in [7, 11) is 3.56. The zero-order chi connectivity index (χ0) is 18.0. The number of aryl methyl sites for hydroxylation is 1. The van der Waals surface area contributed by atoms with Crippen molar-refractivity contribution < 1.29 is 9.53 Å². The van der Waals surface area contributed by atoms with E-state index in [0.29, 0.717) is 23.8 Å². The fraction of sp³-hybridized carbons (Fsp3) is 0.389. The molecule has 3 rings (SSSR count). The van der Waals surface area contributed by atoms with Gasteiger partial charge in [-0.2, -0.15) is 0 Å². The van der Waals surface area contributed by atoms with Gasteiger partial charge in [-0.15, -0.1) is 0 Å². The Kier molecular flexibility index (Phi) is 5.71. The van der Waals surface area contributed by atoms with E-state index in [9.17, 15) is 4.79 Å². The average Bonchev–Trinajstić information content (AvgIpc) is 2.93. The number of carbonyl (C=O) groups is 1. The van der Waals surface area contributed by atoms with Gasteiger partial charge in [0.05, 0.1) is 7.11 Å². The summed E-state index contributed by atoms with van der Waals surface area (Å²) in [5.41, 5.74) is 1.78. The number of amides is 1. The van der Waals surface area contributed by atoms with Crippen molar-refractivity contribution in [1.82, 2.24) is 14.4 Å². The topological polar surface area (TPSA) is 37.7 Å². The Hall–Kier alpha value is -1.50. The van der Waals surface area contributed by atoms with Gasteiger partial charge in [0.15, 0.2) is 0 Å². The lowest BCUT2D eigenvalue weighted by Crippen LogP contribution is -2.48. The van der Waals surface area contributed by atoms with Crippen LogP contribution in [0.3, 0.4) is 0 Å². The Labute approximate surface area is 161 Å². The lowest BCUT2D eigenvalue weighted by molar-refractivity contribution is 0.0618. The van der Waals surface area contributed by atoms with Gasteiger partial charge in [0.2, 0.25) is 0 Å². The Balaban J connectivity index is 1.61. The van der Waals surface area contributed by atoms with Crippen molar-refractivity contribution in [2.45, 2.75) is 6.54 Å². The van der Waals surface area contributed by atoms with E-state index in [0.717, 1.165) is 35.4 Å². The molecule has 0 bridgehead atoms. The molecule has 0 unspecified atom stereocenters. The summed E-state index contributed by atoms with van der Waals surface area (Å²) < 4.78 is 8.20. The van der Waals surface area contributed by atoms with E-state index in [2.05, 4.69) is 20.8 Å². The molecule has 1 fully saturated rings. The van der Waals surface area contributed by atoms with Gasteiger partial charge in [-0.1, -0.05) is 11.6 Å². The number of carbonyl (C=O) groups excluding carboxylic acids is 1. The SMILES string of the molecule is COc1ccc(Cl)cc1CN1CCN(C(=O)c2cc(Br)cn2C)CC1. The van der Waals surface area contributed by atoms with Crippen LogP contribution in [0.1, 0.15) is 16.1 Å². The van der Waals surface area contributed by atoms with E-state index in [4.69, 9.17) is 16.3 Å². The summed E-state index contributed by atoms with van der Waals surface area (Å²) in [6.07, 6.45) is 1.90. The van der Waals surface area contributed by atoms with Crippen LogP contribution < -0.4 is 4.74 Å². The molecule has 2 aromatic rings. The second-order valence-electron chi connectivity index (χ2n) is 6.18. The summed E-state index contributed by atoms with van der Waals surface area (Å²) in [6, 6.07) is 7.54. The van der Waals surface area contributed by atoms with Gasteiger partial charge < -0.3 is 14.2 Å². The molecular formula is C18H21BrClN3O2. The maximum Gasteiger partial charge on any atom is 0.270 e. The van der Waals surface area contributed by atoms with Crippen molar-refractivity contribution in [2.75, 3.05) is 33.3 Å². The molecule has 2 heterocycles. The fourth-order valence-corrected chi connectivity index (χ4v) is 3.84. The predicted octanol–water partition coefficient (Wildman–Crippen LogP) is 3.41. The minimum atomic E-state index is 0.0770. The third-order valence-corrected chi connectivity index (χ3v) is 5.16. The molecular weight excluding hydrogens is 406 g/mol. The number of rotatable bonds is 4. The summed E-state index contributed by atoms with van der Waals surface area (Å²) >= 11 is 9.53. The Bertz CT molecular complexity index is 770. The van der Waals surface area contributed by atoms with E-state index >= 15 is 0 Å². The van der Waals surface area contributed by atoms with Crippen LogP contribution in [0.5, 0.6) is 5.75 Å². The Morgan fingerprint density at radius 3 is 2.56 bits per heavy atom. The second kappa shape index (κ2) is 7.81. The molecule has 5 nitrogen and oxygen atoms in total. The monoisotopic (exact) mass is 425 g/mol. The van der Waals surface area contributed by atoms with Crippen LogP contribution in [0.2, 0.25) is 5.02 Å². The largest absolute Gasteiger partial charge is 0.496 e. The third-order valence-electron chi connectivity index (χ3n) is 4.49. The van der Waals surface area contributed by atoms with Crippen molar-refractivity contribution >= 4 is 33.4 Å². The minimum absolute atomic E-state index is 0.0770. The van der Waals surface area contributed by atoms with E-state index < -0.39 is 0 Å². The number of piperazine rings is 1. The molecule has 25 heavy (non-hydrogen) atoms. The lowest BCUT2D eigenvalue weighted by atomic mass is 10.1. The van der Waals surface area contributed by atoms with Crippen molar-refractivity contribution in [3.63, 3.8) is 0 Å². The molecule has 0 radical (unpaired) electrons. The van der Waals surface area contributed by atoms with Crippen molar-refractivity contribution in [1.29, 1.82) is 0 Å². The maximum absolute atomic E-state index is 12.7. The van der Waals surface area contributed by atoms with Crippen LogP contribution in [0.4, 0.5) is 0 Å². The second-order valence-corrected chi connectivity index (χ2v) is 7.53. The van der Waals surface area contributed by atoms with E-state index in [1.165, 1.54) is 0 Å². The number of hydrogen-bond acceptors (Lipinski definition) is 3. The van der Waals surface area contributed by atoms with Crippen LogP contribution in [-0.2, 0) is 13.6 Å². The van der Waals surface area contributed by atoms with E-state index in [1.807, 2.05) is 47.0 Å². The number of nitrogens with zero attached hydrogens (tertiary/aromatic N) is 3. The normalized spacial score (nSPS) is 15.4. The van der Waals surface area contributed by atoms with Gasteiger partial charge in [0.25, 0.3) is 5.91 Å². The summed E-state index contributed by atoms with van der Waals surface area (Å²) in [4.78, 5) is 16.9. The van der Waals surface area contributed by atoms with Crippen molar-refractivity contribution in [3.8, 4) is 5.75 Å². The van der Waals surface area contributed by atoms with Crippen LogP contribution in [0, 0.1) is 0 Å². The van der Waals surface area contributed by atoms with Gasteiger partial charge in [0, 0.05) is 61.0 Å². The molecule has 134 valence electrons.